The molecule has 5 atom stereocenters. The minimum Gasteiger partial charge on any atom is -0.390 e. The van der Waals surface area contributed by atoms with E-state index in [2.05, 4.69) is 27.7 Å². The Hall–Kier alpha value is -0.0400. The lowest BCUT2D eigenvalue weighted by Gasteiger charge is -2.36. The molecule has 3 aliphatic carbocycles. The van der Waals surface area contributed by atoms with Gasteiger partial charge in [-0.1, -0.05) is 20.8 Å². The van der Waals surface area contributed by atoms with Crippen LogP contribution in [0.25, 0.3) is 0 Å². The average Bonchev–Trinajstić information content (AvgIpc) is 2.64. The van der Waals surface area contributed by atoms with E-state index in [-0.39, 0.29) is 5.60 Å². The first-order valence-corrected chi connectivity index (χ1v) is 6.97. The van der Waals surface area contributed by atoms with Crippen molar-refractivity contribution in [3.63, 3.8) is 0 Å². The summed E-state index contributed by atoms with van der Waals surface area (Å²) in [4.78, 5) is 0. The van der Waals surface area contributed by atoms with Gasteiger partial charge in [-0.15, -0.1) is 0 Å². The average molecular weight is 222 g/mol. The Morgan fingerprint density at radius 2 is 1.62 bits per heavy atom. The van der Waals surface area contributed by atoms with Crippen LogP contribution in [0.3, 0.4) is 0 Å². The lowest BCUT2D eigenvalue weighted by atomic mass is 9.72. The third-order valence-corrected chi connectivity index (χ3v) is 6.12. The predicted molar refractivity (Wildman–Crippen MR) is 66.1 cm³/mol. The van der Waals surface area contributed by atoms with Crippen LogP contribution in [-0.2, 0) is 0 Å². The first kappa shape index (κ1) is 11.1. The zero-order valence-electron chi connectivity index (χ0n) is 11.2. The SMILES string of the molecule is CC1(C)C[C@H]2C[C@@]2(C)[C@@H]2CC[C@](C)(O)[C@H]2C1. The summed E-state index contributed by atoms with van der Waals surface area (Å²) in [6.07, 6.45) is 6.33. The number of rotatable bonds is 0. The lowest BCUT2D eigenvalue weighted by molar-refractivity contribution is -0.0127. The molecule has 1 heteroatoms. The molecule has 1 nitrogen and oxygen atoms in total. The molecule has 3 fully saturated rings. The topological polar surface area (TPSA) is 20.2 Å². The summed E-state index contributed by atoms with van der Waals surface area (Å²) in [5, 5.41) is 10.6. The van der Waals surface area contributed by atoms with Crippen LogP contribution in [0, 0.1) is 28.6 Å². The van der Waals surface area contributed by atoms with Crippen LogP contribution >= 0.6 is 0 Å². The molecule has 0 aromatic heterocycles. The lowest BCUT2D eigenvalue weighted by Crippen LogP contribution is -2.36. The third kappa shape index (κ3) is 1.40. The van der Waals surface area contributed by atoms with E-state index < -0.39 is 0 Å². The summed E-state index contributed by atoms with van der Waals surface area (Å²) in [5.74, 6) is 2.31. The molecule has 92 valence electrons. The summed E-state index contributed by atoms with van der Waals surface area (Å²) in [5.41, 5.74) is 0.636. The second kappa shape index (κ2) is 2.85. The van der Waals surface area contributed by atoms with Crippen LogP contribution in [0.15, 0.2) is 0 Å². The monoisotopic (exact) mass is 222 g/mol. The number of hydrogen-bond acceptors (Lipinski definition) is 1. The molecular formula is C15H26O. The van der Waals surface area contributed by atoms with E-state index in [1.165, 1.54) is 25.7 Å². The minimum atomic E-state index is -0.386. The van der Waals surface area contributed by atoms with Gasteiger partial charge in [-0.2, -0.15) is 0 Å². The molecule has 0 unspecified atom stereocenters. The van der Waals surface area contributed by atoms with E-state index in [0.29, 0.717) is 16.7 Å². The third-order valence-electron chi connectivity index (χ3n) is 6.12. The van der Waals surface area contributed by atoms with Crippen LogP contribution in [0.1, 0.15) is 59.8 Å². The zero-order valence-corrected chi connectivity index (χ0v) is 11.2. The predicted octanol–water partition coefficient (Wildman–Crippen LogP) is 3.61. The van der Waals surface area contributed by atoms with Crippen LogP contribution in [0.4, 0.5) is 0 Å². The van der Waals surface area contributed by atoms with Crippen molar-refractivity contribution in [1.29, 1.82) is 0 Å². The smallest absolute Gasteiger partial charge is 0.0651 e. The quantitative estimate of drug-likeness (QED) is 0.664. The Bertz CT molecular complexity index is 317. The van der Waals surface area contributed by atoms with Gasteiger partial charge in [-0.3, -0.25) is 0 Å². The van der Waals surface area contributed by atoms with Gasteiger partial charge in [0.2, 0.25) is 0 Å². The van der Waals surface area contributed by atoms with Crippen molar-refractivity contribution in [2.45, 2.75) is 65.4 Å². The Labute approximate surface area is 99.6 Å². The van der Waals surface area contributed by atoms with Crippen LogP contribution < -0.4 is 0 Å². The second-order valence-corrected chi connectivity index (χ2v) is 8.09. The molecule has 3 aliphatic rings. The van der Waals surface area contributed by atoms with E-state index in [9.17, 15) is 5.11 Å². The molecule has 16 heavy (non-hydrogen) atoms. The summed E-state index contributed by atoms with van der Waals surface area (Å²) < 4.78 is 0. The molecule has 0 amide bonds. The Kier molecular flexibility index (Phi) is 1.98. The van der Waals surface area contributed by atoms with Crippen molar-refractivity contribution in [2.24, 2.45) is 28.6 Å². The van der Waals surface area contributed by atoms with Gasteiger partial charge in [0.1, 0.15) is 0 Å². The van der Waals surface area contributed by atoms with Gasteiger partial charge in [0.05, 0.1) is 5.60 Å². The highest BCUT2D eigenvalue weighted by Gasteiger charge is 2.64. The Morgan fingerprint density at radius 1 is 0.938 bits per heavy atom. The van der Waals surface area contributed by atoms with Crippen molar-refractivity contribution in [3.05, 3.63) is 0 Å². The summed E-state index contributed by atoms with van der Waals surface area (Å²) >= 11 is 0. The Morgan fingerprint density at radius 3 is 2.31 bits per heavy atom. The first-order chi connectivity index (χ1) is 7.25. The molecule has 1 N–H and O–H groups in total. The van der Waals surface area contributed by atoms with Gasteiger partial charge < -0.3 is 5.11 Å². The van der Waals surface area contributed by atoms with Gasteiger partial charge in [-0.05, 0) is 67.6 Å². The van der Waals surface area contributed by atoms with E-state index in [1.54, 1.807) is 0 Å². The van der Waals surface area contributed by atoms with Crippen LogP contribution in [0.5, 0.6) is 0 Å². The van der Waals surface area contributed by atoms with Crippen molar-refractivity contribution in [1.82, 2.24) is 0 Å². The highest BCUT2D eigenvalue weighted by Crippen LogP contribution is 2.70. The number of hydrogen-bond donors (Lipinski definition) is 1. The standard InChI is InChI=1S/C15H26O/c1-13(2)7-10-8-14(10,3)11-5-6-15(4,16)12(11)9-13/h10-12,16H,5-9H2,1-4H3/t10-,11+,12-,14+,15-/m0/s1. The summed E-state index contributed by atoms with van der Waals surface area (Å²) in [7, 11) is 0. The zero-order chi connectivity index (χ0) is 11.8. The molecule has 0 saturated heterocycles. The minimum absolute atomic E-state index is 0.386. The van der Waals surface area contributed by atoms with E-state index in [0.717, 1.165) is 18.3 Å². The van der Waals surface area contributed by atoms with Crippen molar-refractivity contribution >= 4 is 0 Å². The van der Waals surface area contributed by atoms with Gasteiger partial charge in [0.25, 0.3) is 0 Å². The molecule has 0 aliphatic heterocycles. The van der Waals surface area contributed by atoms with Gasteiger partial charge >= 0.3 is 0 Å². The first-order valence-electron chi connectivity index (χ1n) is 6.97. The van der Waals surface area contributed by atoms with Gasteiger partial charge in [0, 0.05) is 0 Å². The van der Waals surface area contributed by atoms with Gasteiger partial charge in [-0.25, -0.2) is 0 Å². The van der Waals surface area contributed by atoms with Crippen molar-refractivity contribution in [3.8, 4) is 0 Å². The maximum absolute atomic E-state index is 10.6. The fourth-order valence-electron chi connectivity index (χ4n) is 5.00. The van der Waals surface area contributed by atoms with Crippen LogP contribution in [-0.4, -0.2) is 10.7 Å². The highest BCUT2D eigenvalue weighted by atomic mass is 16.3. The maximum Gasteiger partial charge on any atom is 0.0651 e. The molecule has 0 radical (unpaired) electrons. The molecule has 0 spiro atoms. The normalized spacial score (nSPS) is 58.7. The fourth-order valence-corrected chi connectivity index (χ4v) is 5.00. The second-order valence-electron chi connectivity index (χ2n) is 8.09. The van der Waals surface area contributed by atoms with Gasteiger partial charge in [0.15, 0.2) is 0 Å². The maximum atomic E-state index is 10.6. The molecule has 0 bridgehead atoms. The molecule has 3 rings (SSSR count). The summed E-state index contributed by atoms with van der Waals surface area (Å²) in [6.45, 7) is 9.38. The molecular weight excluding hydrogens is 196 g/mol. The fraction of sp³-hybridized carbons (Fsp3) is 1.00. The van der Waals surface area contributed by atoms with Crippen LogP contribution in [0.2, 0.25) is 0 Å². The van der Waals surface area contributed by atoms with E-state index in [1.807, 2.05) is 0 Å². The largest absolute Gasteiger partial charge is 0.390 e. The van der Waals surface area contributed by atoms with E-state index in [4.69, 9.17) is 0 Å². The molecule has 0 aromatic carbocycles. The molecule has 0 aromatic rings. The molecule has 0 heterocycles. The highest BCUT2D eigenvalue weighted by molar-refractivity contribution is 5.13. The Balaban J connectivity index is 1.96. The summed E-state index contributed by atoms with van der Waals surface area (Å²) in [6, 6.07) is 0. The van der Waals surface area contributed by atoms with Crippen molar-refractivity contribution < 1.29 is 5.11 Å². The van der Waals surface area contributed by atoms with Crippen molar-refractivity contribution in [2.75, 3.05) is 0 Å². The van der Waals surface area contributed by atoms with E-state index >= 15 is 0 Å². The molecule has 3 saturated carbocycles. The number of fused-ring (bicyclic) bond motifs is 3. The number of aliphatic hydroxyl groups is 1.